The molecule has 2 bridgehead atoms. The van der Waals surface area contributed by atoms with Crippen LogP contribution in [0.15, 0.2) is 6.20 Å². The molecule has 2 aromatic rings. The normalized spacial score (nSPS) is 23.6. The van der Waals surface area contributed by atoms with Crippen molar-refractivity contribution >= 4 is 40.4 Å². The van der Waals surface area contributed by atoms with Crippen molar-refractivity contribution < 1.29 is 19.0 Å². The molecule has 172 valence electrons. The van der Waals surface area contributed by atoms with E-state index in [-0.39, 0.29) is 28.8 Å². The third-order valence-electron chi connectivity index (χ3n) is 6.14. The first kappa shape index (κ1) is 21.4. The van der Waals surface area contributed by atoms with Gasteiger partial charge in [0.2, 0.25) is 5.95 Å². The molecule has 0 saturated carbocycles. The minimum Gasteiger partial charge on any atom is -0.444 e. The van der Waals surface area contributed by atoms with Crippen LogP contribution in [-0.2, 0) is 4.74 Å². The summed E-state index contributed by atoms with van der Waals surface area (Å²) in [5, 5.41) is 9.92. The number of fused-ring (bicyclic) bond motifs is 3. The highest BCUT2D eigenvalue weighted by Gasteiger charge is 2.45. The van der Waals surface area contributed by atoms with E-state index in [1.54, 1.807) is 4.90 Å². The fraction of sp³-hybridized carbons (Fsp3) is 0.619. The quantitative estimate of drug-likeness (QED) is 0.678. The molecule has 3 fully saturated rings. The SMILES string of the molecule is CC(C)(C)OC(=O)N1C2CCC1CN(c1nc(N3CC(O)C3)nc3c(F)c(Cl)ncc13)C2. The van der Waals surface area contributed by atoms with Crippen molar-refractivity contribution in [2.45, 2.75) is 57.4 Å². The van der Waals surface area contributed by atoms with Gasteiger partial charge in [0, 0.05) is 32.4 Å². The molecule has 2 atom stereocenters. The van der Waals surface area contributed by atoms with Gasteiger partial charge in [0.1, 0.15) is 16.9 Å². The molecule has 0 aliphatic carbocycles. The smallest absolute Gasteiger partial charge is 0.410 e. The number of halogens is 2. The number of amides is 1. The number of carbonyl (C=O) groups is 1. The van der Waals surface area contributed by atoms with Gasteiger partial charge in [-0.05, 0) is 33.6 Å². The van der Waals surface area contributed by atoms with Crippen LogP contribution < -0.4 is 9.80 Å². The molecule has 0 aromatic carbocycles. The first-order valence-electron chi connectivity index (χ1n) is 10.8. The second-order valence-electron chi connectivity index (χ2n) is 9.71. The maximum atomic E-state index is 14.8. The summed E-state index contributed by atoms with van der Waals surface area (Å²) in [6, 6.07) is -0.0407. The number of aliphatic hydroxyl groups excluding tert-OH is 1. The summed E-state index contributed by atoms with van der Waals surface area (Å²) in [5.41, 5.74) is -0.455. The first-order chi connectivity index (χ1) is 15.1. The van der Waals surface area contributed by atoms with Crippen molar-refractivity contribution in [3.8, 4) is 0 Å². The lowest BCUT2D eigenvalue weighted by Gasteiger charge is -2.42. The minimum absolute atomic E-state index is 0.0204. The molecule has 9 nitrogen and oxygen atoms in total. The van der Waals surface area contributed by atoms with Gasteiger partial charge in [-0.3, -0.25) is 4.90 Å². The molecular formula is C21H26ClFN6O3. The number of ether oxygens (including phenoxy) is 1. The van der Waals surface area contributed by atoms with E-state index in [1.165, 1.54) is 6.20 Å². The predicted molar refractivity (Wildman–Crippen MR) is 118 cm³/mol. The number of hydrogen-bond acceptors (Lipinski definition) is 8. The number of carbonyl (C=O) groups excluding carboxylic acids is 1. The van der Waals surface area contributed by atoms with Crippen LogP contribution in [0.1, 0.15) is 33.6 Å². The molecule has 3 aliphatic heterocycles. The van der Waals surface area contributed by atoms with Gasteiger partial charge in [-0.15, -0.1) is 0 Å². The third kappa shape index (κ3) is 3.69. The van der Waals surface area contributed by atoms with Crippen LogP contribution >= 0.6 is 11.6 Å². The van der Waals surface area contributed by atoms with Crippen LogP contribution in [0.2, 0.25) is 5.15 Å². The maximum absolute atomic E-state index is 14.8. The van der Waals surface area contributed by atoms with Crippen molar-refractivity contribution in [2.75, 3.05) is 36.0 Å². The van der Waals surface area contributed by atoms with Crippen molar-refractivity contribution in [3.63, 3.8) is 0 Å². The van der Waals surface area contributed by atoms with E-state index in [4.69, 9.17) is 21.3 Å². The van der Waals surface area contributed by atoms with Gasteiger partial charge in [0.05, 0.1) is 23.6 Å². The summed E-state index contributed by atoms with van der Waals surface area (Å²) in [7, 11) is 0. The Kier molecular flexibility index (Phi) is 5.05. The number of nitrogens with zero attached hydrogens (tertiary/aromatic N) is 6. The van der Waals surface area contributed by atoms with Gasteiger partial charge >= 0.3 is 6.09 Å². The van der Waals surface area contributed by atoms with Crippen molar-refractivity contribution in [1.82, 2.24) is 19.9 Å². The predicted octanol–water partition coefficient (Wildman–Crippen LogP) is 2.59. The van der Waals surface area contributed by atoms with Crippen molar-refractivity contribution in [1.29, 1.82) is 0 Å². The zero-order valence-corrected chi connectivity index (χ0v) is 19.0. The maximum Gasteiger partial charge on any atom is 0.410 e. The Morgan fingerprint density at radius 3 is 2.41 bits per heavy atom. The molecule has 2 aromatic heterocycles. The Morgan fingerprint density at radius 1 is 1.16 bits per heavy atom. The monoisotopic (exact) mass is 464 g/mol. The zero-order chi connectivity index (χ0) is 22.8. The topological polar surface area (TPSA) is 94.9 Å². The number of aromatic nitrogens is 3. The van der Waals surface area contributed by atoms with Crippen molar-refractivity contribution in [3.05, 3.63) is 17.2 Å². The van der Waals surface area contributed by atoms with Crippen LogP contribution in [0.25, 0.3) is 10.9 Å². The lowest BCUT2D eigenvalue weighted by molar-refractivity contribution is 0.0123. The molecule has 5 heterocycles. The van der Waals surface area contributed by atoms with Crippen molar-refractivity contribution in [2.24, 2.45) is 0 Å². The number of anilines is 2. The van der Waals surface area contributed by atoms with Crippen LogP contribution in [-0.4, -0.2) is 81.0 Å². The Bertz CT molecular complexity index is 1060. The Balaban J connectivity index is 1.49. The molecule has 5 rings (SSSR count). The fourth-order valence-corrected chi connectivity index (χ4v) is 4.84. The molecule has 2 unspecified atom stereocenters. The molecule has 3 aliphatic rings. The lowest BCUT2D eigenvalue weighted by atomic mass is 10.1. The van der Waals surface area contributed by atoms with Crippen LogP contribution in [0.4, 0.5) is 21.0 Å². The van der Waals surface area contributed by atoms with Crippen LogP contribution in [0.5, 0.6) is 0 Å². The van der Waals surface area contributed by atoms with Gasteiger partial charge in [-0.25, -0.2) is 19.2 Å². The van der Waals surface area contributed by atoms with E-state index < -0.39 is 17.5 Å². The molecule has 0 radical (unpaired) electrons. The van der Waals surface area contributed by atoms with E-state index >= 15 is 0 Å². The number of pyridine rings is 1. The number of rotatable bonds is 2. The van der Waals surface area contributed by atoms with Gasteiger partial charge in [0.15, 0.2) is 11.0 Å². The largest absolute Gasteiger partial charge is 0.444 e. The Hall–Kier alpha value is -2.46. The second kappa shape index (κ2) is 7.55. The summed E-state index contributed by atoms with van der Waals surface area (Å²) < 4.78 is 20.5. The Labute approximate surface area is 190 Å². The number of piperazine rings is 1. The van der Waals surface area contributed by atoms with Gasteiger partial charge in [0.25, 0.3) is 0 Å². The average molecular weight is 465 g/mol. The third-order valence-corrected chi connectivity index (χ3v) is 6.40. The molecule has 0 spiro atoms. The highest BCUT2D eigenvalue weighted by atomic mass is 35.5. The summed E-state index contributed by atoms with van der Waals surface area (Å²) >= 11 is 5.92. The lowest BCUT2D eigenvalue weighted by Crippen LogP contribution is -2.57. The molecule has 3 saturated heterocycles. The highest BCUT2D eigenvalue weighted by Crippen LogP contribution is 2.37. The fourth-order valence-electron chi connectivity index (χ4n) is 4.70. The van der Waals surface area contributed by atoms with E-state index in [0.29, 0.717) is 43.3 Å². The Morgan fingerprint density at radius 2 is 1.81 bits per heavy atom. The summed E-state index contributed by atoms with van der Waals surface area (Å²) in [4.78, 5) is 31.6. The molecule has 1 amide bonds. The first-order valence-corrected chi connectivity index (χ1v) is 11.2. The summed E-state index contributed by atoms with van der Waals surface area (Å²) in [5.74, 6) is 0.224. The van der Waals surface area contributed by atoms with Crippen LogP contribution in [0, 0.1) is 5.82 Å². The standard InChI is InChI=1S/C21H26ClFN6O3/c1-21(2,3)32-20(31)29-11-4-5-12(29)8-27(7-11)18-14-6-24-17(22)15(23)16(14)25-19(26-18)28-9-13(30)10-28/h6,11-13,30H,4-5,7-10H2,1-3H3. The highest BCUT2D eigenvalue weighted by molar-refractivity contribution is 6.30. The summed E-state index contributed by atoms with van der Waals surface area (Å²) in [6.07, 6.45) is 2.48. The average Bonchev–Trinajstić information content (AvgIpc) is 2.96. The summed E-state index contributed by atoms with van der Waals surface area (Å²) in [6.45, 7) is 7.46. The second-order valence-corrected chi connectivity index (χ2v) is 10.1. The molecule has 32 heavy (non-hydrogen) atoms. The number of aliphatic hydroxyl groups is 1. The van der Waals surface area contributed by atoms with E-state index in [1.807, 2.05) is 25.7 Å². The van der Waals surface area contributed by atoms with E-state index in [0.717, 1.165) is 12.8 Å². The minimum atomic E-state index is -0.689. The molecular weight excluding hydrogens is 439 g/mol. The number of β-amino-alcohol motifs (C(OH)–C–C–N with tert-alkyl or cyclic N) is 1. The molecule has 1 N–H and O–H groups in total. The van der Waals surface area contributed by atoms with E-state index in [9.17, 15) is 14.3 Å². The van der Waals surface area contributed by atoms with Crippen LogP contribution in [0.3, 0.4) is 0 Å². The molecule has 11 heteroatoms. The van der Waals surface area contributed by atoms with Gasteiger partial charge < -0.3 is 19.6 Å². The number of hydrogen-bond donors (Lipinski definition) is 1. The van der Waals surface area contributed by atoms with Gasteiger partial charge in [-0.2, -0.15) is 4.98 Å². The van der Waals surface area contributed by atoms with E-state index in [2.05, 4.69) is 14.9 Å². The zero-order valence-electron chi connectivity index (χ0n) is 18.3. The van der Waals surface area contributed by atoms with Gasteiger partial charge in [-0.1, -0.05) is 11.6 Å².